The molecule has 1 N–H and O–H groups in total. The van der Waals surface area contributed by atoms with E-state index in [-0.39, 0.29) is 0 Å². The molecule has 0 bridgehead atoms. The van der Waals surface area contributed by atoms with Crippen molar-refractivity contribution in [3.05, 3.63) is 35.4 Å². The lowest BCUT2D eigenvalue weighted by Gasteiger charge is -2.30. The van der Waals surface area contributed by atoms with Gasteiger partial charge in [-0.05, 0) is 62.5 Å². The predicted molar refractivity (Wildman–Crippen MR) is 88.3 cm³/mol. The number of hydrogen-bond donors (Lipinski definition) is 1. The Bertz CT molecular complexity index is 383. The number of likely N-dealkylation sites (tertiary alicyclic amines) is 1. The molecule has 1 aliphatic rings. The second-order valence-corrected chi connectivity index (χ2v) is 6.30. The number of piperidine rings is 1. The average Bonchev–Trinajstić information content (AvgIpc) is 2.51. The summed E-state index contributed by atoms with van der Waals surface area (Å²) in [5.41, 5.74) is 2.59. The molecule has 3 nitrogen and oxygen atoms in total. The number of nitrogens with one attached hydrogen (secondary N) is 1. The van der Waals surface area contributed by atoms with Crippen LogP contribution in [0.2, 0.25) is 0 Å². The Kier molecular flexibility index (Phi) is 7.20. The van der Waals surface area contributed by atoms with E-state index >= 15 is 0 Å². The third-order valence-electron chi connectivity index (χ3n) is 4.37. The van der Waals surface area contributed by atoms with Gasteiger partial charge in [0.1, 0.15) is 0 Å². The minimum atomic E-state index is 0.697. The summed E-state index contributed by atoms with van der Waals surface area (Å²) in [6, 6.07) is 8.67. The van der Waals surface area contributed by atoms with E-state index in [1.807, 2.05) is 0 Å². The molecular formula is C18H30N2O. The highest BCUT2D eigenvalue weighted by Crippen LogP contribution is 2.15. The summed E-state index contributed by atoms with van der Waals surface area (Å²) in [4.78, 5) is 2.61. The van der Waals surface area contributed by atoms with Gasteiger partial charge in [0.25, 0.3) is 0 Å². The van der Waals surface area contributed by atoms with Crippen molar-refractivity contribution in [2.45, 2.75) is 39.3 Å². The molecular weight excluding hydrogens is 260 g/mol. The highest BCUT2D eigenvalue weighted by Gasteiger charge is 2.14. The van der Waals surface area contributed by atoms with Crippen molar-refractivity contribution in [2.75, 3.05) is 33.3 Å². The smallest absolute Gasteiger partial charge is 0.0713 e. The maximum absolute atomic E-state index is 5.12. The molecule has 21 heavy (non-hydrogen) atoms. The van der Waals surface area contributed by atoms with Gasteiger partial charge in [-0.25, -0.2) is 0 Å². The van der Waals surface area contributed by atoms with E-state index in [4.69, 9.17) is 4.74 Å². The summed E-state index contributed by atoms with van der Waals surface area (Å²) < 4.78 is 5.12. The van der Waals surface area contributed by atoms with Crippen molar-refractivity contribution < 1.29 is 4.74 Å². The van der Waals surface area contributed by atoms with Gasteiger partial charge in [-0.3, -0.25) is 0 Å². The highest BCUT2D eigenvalue weighted by atomic mass is 16.5. The zero-order chi connectivity index (χ0) is 14.9. The molecule has 0 spiro atoms. The molecule has 0 aromatic heterocycles. The Labute approximate surface area is 129 Å². The highest BCUT2D eigenvalue weighted by molar-refractivity contribution is 5.21. The van der Waals surface area contributed by atoms with Crippen LogP contribution < -0.4 is 5.32 Å². The van der Waals surface area contributed by atoms with Crippen molar-refractivity contribution in [3.63, 3.8) is 0 Å². The predicted octanol–water partition coefficient (Wildman–Crippen LogP) is 3.04. The molecule has 0 amide bonds. The summed E-state index contributed by atoms with van der Waals surface area (Å²) in [7, 11) is 1.73. The topological polar surface area (TPSA) is 24.5 Å². The van der Waals surface area contributed by atoms with Gasteiger partial charge >= 0.3 is 0 Å². The number of benzene rings is 1. The second kappa shape index (κ2) is 9.19. The van der Waals surface area contributed by atoms with Gasteiger partial charge < -0.3 is 15.0 Å². The van der Waals surface area contributed by atoms with Crippen molar-refractivity contribution in [2.24, 2.45) is 5.92 Å². The van der Waals surface area contributed by atoms with E-state index in [0.29, 0.717) is 6.61 Å². The molecule has 3 heteroatoms. The van der Waals surface area contributed by atoms with Crippen LogP contribution in [0.15, 0.2) is 24.3 Å². The van der Waals surface area contributed by atoms with E-state index in [2.05, 4.69) is 41.4 Å². The molecule has 0 atom stereocenters. The Morgan fingerprint density at radius 1 is 1.14 bits per heavy atom. The number of nitrogens with zero attached hydrogens (tertiary/aromatic N) is 1. The van der Waals surface area contributed by atoms with Crippen LogP contribution in [0.3, 0.4) is 0 Å². The molecule has 1 saturated heterocycles. The fraction of sp³-hybridized carbons (Fsp3) is 0.667. The van der Waals surface area contributed by atoms with Gasteiger partial charge in [0.2, 0.25) is 0 Å². The van der Waals surface area contributed by atoms with Crippen LogP contribution in [0, 0.1) is 5.92 Å². The summed E-state index contributed by atoms with van der Waals surface area (Å²) in [5, 5.41) is 3.54. The average molecular weight is 290 g/mol. The third kappa shape index (κ3) is 6.16. The molecule has 0 unspecified atom stereocenters. The number of ether oxygens (including phenoxy) is 1. The monoisotopic (exact) mass is 290 g/mol. The van der Waals surface area contributed by atoms with Gasteiger partial charge in [0, 0.05) is 13.7 Å². The minimum Gasteiger partial charge on any atom is -0.380 e. The maximum atomic E-state index is 5.12. The normalized spacial score (nSPS) is 17.2. The number of hydrogen-bond acceptors (Lipinski definition) is 3. The molecule has 1 aromatic carbocycles. The van der Waals surface area contributed by atoms with Gasteiger partial charge in [-0.1, -0.05) is 31.2 Å². The molecule has 1 fully saturated rings. The summed E-state index contributed by atoms with van der Waals surface area (Å²) in [5.74, 6) is 0.931. The van der Waals surface area contributed by atoms with Crippen molar-refractivity contribution in [3.8, 4) is 0 Å². The fourth-order valence-corrected chi connectivity index (χ4v) is 2.87. The summed E-state index contributed by atoms with van der Waals surface area (Å²) >= 11 is 0. The molecule has 0 saturated carbocycles. The molecule has 2 rings (SSSR count). The fourth-order valence-electron chi connectivity index (χ4n) is 2.87. The first-order valence-electron chi connectivity index (χ1n) is 8.28. The van der Waals surface area contributed by atoms with Crippen LogP contribution in [0.5, 0.6) is 0 Å². The van der Waals surface area contributed by atoms with Gasteiger partial charge in [-0.15, -0.1) is 0 Å². The first-order chi connectivity index (χ1) is 10.3. The minimum absolute atomic E-state index is 0.697. The van der Waals surface area contributed by atoms with Crippen LogP contribution in [-0.4, -0.2) is 38.2 Å². The standard InChI is InChI=1S/C18H30N2O/c1-16-8-12-20(13-9-16)11-3-10-19-14-17-4-6-18(7-5-17)15-21-2/h4-7,16,19H,3,8-15H2,1-2H3. The van der Waals surface area contributed by atoms with Gasteiger partial charge in [0.05, 0.1) is 6.61 Å². The van der Waals surface area contributed by atoms with Crippen LogP contribution in [0.25, 0.3) is 0 Å². The Morgan fingerprint density at radius 2 is 1.81 bits per heavy atom. The lowest BCUT2D eigenvalue weighted by Crippen LogP contribution is -2.34. The zero-order valence-corrected chi connectivity index (χ0v) is 13.6. The van der Waals surface area contributed by atoms with E-state index in [9.17, 15) is 0 Å². The molecule has 1 aliphatic heterocycles. The molecule has 118 valence electrons. The number of methoxy groups -OCH3 is 1. The lowest BCUT2D eigenvalue weighted by molar-refractivity contribution is 0.185. The summed E-state index contributed by atoms with van der Waals surface area (Å²) in [6.45, 7) is 8.96. The van der Waals surface area contributed by atoms with Crippen molar-refractivity contribution >= 4 is 0 Å². The zero-order valence-electron chi connectivity index (χ0n) is 13.6. The van der Waals surface area contributed by atoms with E-state index in [1.165, 1.54) is 50.0 Å². The first-order valence-corrected chi connectivity index (χ1v) is 8.28. The van der Waals surface area contributed by atoms with Gasteiger partial charge in [-0.2, -0.15) is 0 Å². The van der Waals surface area contributed by atoms with Crippen LogP contribution in [0.4, 0.5) is 0 Å². The first kappa shape index (κ1) is 16.5. The Balaban J connectivity index is 1.55. The van der Waals surface area contributed by atoms with Crippen molar-refractivity contribution in [1.29, 1.82) is 0 Å². The quantitative estimate of drug-likeness (QED) is 0.745. The molecule has 0 radical (unpaired) electrons. The Morgan fingerprint density at radius 3 is 2.48 bits per heavy atom. The second-order valence-electron chi connectivity index (χ2n) is 6.30. The molecule has 1 aromatic rings. The summed E-state index contributed by atoms with van der Waals surface area (Å²) in [6.07, 6.45) is 4.00. The third-order valence-corrected chi connectivity index (χ3v) is 4.37. The lowest BCUT2D eigenvalue weighted by atomic mass is 9.99. The van der Waals surface area contributed by atoms with Crippen LogP contribution in [0.1, 0.15) is 37.3 Å². The van der Waals surface area contributed by atoms with Gasteiger partial charge in [0.15, 0.2) is 0 Å². The largest absolute Gasteiger partial charge is 0.380 e. The SMILES string of the molecule is COCc1ccc(CNCCCN2CCC(C)CC2)cc1. The van der Waals surface area contributed by atoms with Crippen LogP contribution >= 0.6 is 0 Å². The molecule has 1 heterocycles. The van der Waals surface area contributed by atoms with Crippen LogP contribution in [-0.2, 0) is 17.9 Å². The maximum Gasteiger partial charge on any atom is 0.0713 e. The van der Waals surface area contributed by atoms with E-state index < -0.39 is 0 Å². The van der Waals surface area contributed by atoms with E-state index in [0.717, 1.165) is 19.0 Å². The number of rotatable bonds is 8. The Hall–Kier alpha value is -0.900. The van der Waals surface area contributed by atoms with Crippen molar-refractivity contribution in [1.82, 2.24) is 10.2 Å². The van der Waals surface area contributed by atoms with E-state index in [1.54, 1.807) is 7.11 Å². The molecule has 0 aliphatic carbocycles.